The highest BCUT2D eigenvalue weighted by Crippen LogP contribution is 2.23. The van der Waals surface area contributed by atoms with Crippen LogP contribution < -0.4 is 0 Å². The SMILES string of the molecule is CN(CCCc1cc(-c2ccc(F)cc2)n[nH]1)CC(=O)c1cn(CCC#N)c2ccccc12. The van der Waals surface area contributed by atoms with E-state index in [-0.39, 0.29) is 11.6 Å². The van der Waals surface area contributed by atoms with Crippen molar-refractivity contribution in [2.75, 3.05) is 20.1 Å². The smallest absolute Gasteiger partial charge is 0.178 e. The highest BCUT2D eigenvalue weighted by atomic mass is 19.1. The van der Waals surface area contributed by atoms with Gasteiger partial charge in [0.25, 0.3) is 0 Å². The van der Waals surface area contributed by atoms with E-state index in [0.717, 1.165) is 47.2 Å². The number of aromatic amines is 1. The van der Waals surface area contributed by atoms with E-state index in [1.165, 1.54) is 12.1 Å². The van der Waals surface area contributed by atoms with Crippen molar-refractivity contribution in [1.29, 1.82) is 5.26 Å². The molecule has 0 saturated carbocycles. The molecule has 0 bridgehead atoms. The van der Waals surface area contributed by atoms with Gasteiger partial charge in [0.05, 0.1) is 24.7 Å². The Morgan fingerprint density at radius 2 is 2.00 bits per heavy atom. The number of carbonyl (C=O) groups excluding carboxylic acids is 1. The number of benzene rings is 2. The summed E-state index contributed by atoms with van der Waals surface area (Å²) in [5.41, 5.74) is 4.36. The average molecular weight is 444 g/mol. The molecule has 0 saturated heterocycles. The summed E-state index contributed by atoms with van der Waals surface area (Å²) in [6.45, 7) is 1.67. The molecule has 33 heavy (non-hydrogen) atoms. The maximum Gasteiger partial charge on any atom is 0.178 e. The van der Waals surface area contributed by atoms with Gasteiger partial charge in [-0.25, -0.2) is 4.39 Å². The summed E-state index contributed by atoms with van der Waals surface area (Å²) in [4.78, 5) is 15.0. The fourth-order valence-corrected chi connectivity index (χ4v) is 4.03. The Kier molecular flexibility index (Phi) is 6.96. The summed E-state index contributed by atoms with van der Waals surface area (Å²) >= 11 is 0. The first-order valence-electron chi connectivity index (χ1n) is 11.0. The van der Waals surface area contributed by atoms with Crippen LogP contribution in [0.4, 0.5) is 4.39 Å². The number of rotatable bonds is 10. The molecule has 2 aromatic carbocycles. The lowest BCUT2D eigenvalue weighted by molar-refractivity contribution is 0.0947. The van der Waals surface area contributed by atoms with Crippen LogP contribution in [0.15, 0.2) is 60.8 Å². The number of fused-ring (bicyclic) bond motifs is 1. The summed E-state index contributed by atoms with van der Waals surface area (Å²) in [5, 5.41) is 17.2. The van der Waals surface area contributed by atoms with Crippen LogP contribution in [0.3, 0.4) is 0 Å². The van der Waals surface area contributed by atoms with Gasteiger partial charge in [-0.15, -0.1) is 0 Å². The van der Waals surface area contributed by atoms with Crippen LogP contribution in [0.5, 0.6) is 0 Å². The highest BCUT2D eigenvalue weighted by Gasteiger charge is 2.16. The van der Waals surface area contributed by atoms with Gasteiger partial charge in [0.1, 0.15) is 5.82 Å². The lowest BCUT2D eigenvalue weighted by Crippen LogP contribution is -2.27. The second-order valence-corrected chi connectivity index (χ2v) is 8.21. The molecule has 0 amide bonds. The van der Waals surface area contributed by atoms with Crippen molar-refractivity contribution >= 4 is 16.7 Å². The van der Waals surface area contributed by atoms with Crippen LogP contribution in [0.1, 0.15) is 28.9 Å². The number of nitrogens with one attached hydrogen (secondary N) is 1. The molecule has 0 aliphatic rings. The molecule has 0 spiro atoms. The van der Waals surface area contributed by atoms with Crippen LogP contribution >= 0.6 is 0 Å². The topological polar surface area (TPSA) is 77.7 Å². The number of H-pyrrole nitrogens is 1. The third-order valence-corrected chi connectivity index (χ3v) is 5.72. The van der Waals surface area contributed by atoms with Crippen molar-refractivity contribution < 1.29 is 9.18 Å². The molecule has 1 N–H and O–H groups in total. The highest BCUT2D eigenvalue weighted by molar-refractivity contribution is 6.09. The van der Waals surface area contributed by atoms with Gasteiger partial charge in [0.2, 0.25) is 0 Å². The Hall–Kier alpha value is -3.76. The maximum absolute atomic E-state index is 13.1. The van der Waals surface area contributed by atoms with Crippen LogP contribution in [-0.4, -0.2) is 45.6 Å². The molecular formula is C26H26FN5O. The van der Waals surface area contributed by atoms with Crippen molar-refractivity contribution in [3.63, 3.8) is 0 Å². The van der Waals surface area contributed by atoms with Crippen LogP contribution in [0.25, 0.3) is 22.2 Å². The predicted molar refractivity (Wildman–Crippen MR) is 126 cm³/mol. The average Bonchev–Trinajstić information content (AvgIpc) is 3.43. The molecule has 0 aliphatic carbocycles. The number of para-hydroxylation sites is 1. The summed E-state index contributed by atoms with van der Waals surface area (Å²) in [6.07, 6.45) is 3.96. The lowest BCUT2D eigenvalue weighted by Gasteiger charge is -2.15. The molecule has 0 unspecified atom stereocenters. The molecule has 4 aromatic rings. The number of nitrogens with zero attached hydrogens (tertiary/aromatic N) is 4. The summed E-state index contributed by atoms with van der Waals surface area (Å²) in [5.74, 6) is -0.191. The van der Waals surface area contributed by atoms with E-state index in [4.69, 9.17) is 5.26 Å². The fourth-order valence-electron chi connectivity index (χ4n) is 4.03. The predicted octanol–water partition coefficient (Wildman–Crippen LogP) is 4.83. The number of halogens is 1. The lowest BCUT2D eigenvalue weighted by atomic mass is 10.1. The molecule has 168 valence electrons. The van der Waals surface area contributed by atoms with Gasteiger partial charge in [-0.1, -0.05) is 18.2 Å². The molecule has 2 aromatic heterocycles. The quantitative estimate of drug-likeness (QED) is 0.356. The Bertz CT molecular complexity index is 1280. The molecule has 0 radical (unpaired) electrons. The van der Waals surface area contributed by atoms with Gasteiger partial charge in [0, 0.05) is 40.5 Å². The molecule has 2 heterocycles. The Morgan fingerprint density at radius 3 is 2.79 bits per heavy atom. The standard InChI is InChI=1S/C26H26FN5O/c1-31(14-4-6-21-16-24(30-29-21)19-9-11-20(27)12-10-19)18-26(33)23-17-32(15-5-13-28)25-8-3-2-7-22(23)25/h2-3,7-12,16-17H,4-6,14-15,18H2,1H3,(H,29,30). The van der Waals surface area contributed by atoms with E-state index >= 15 is 0 Å². The minimum Gasteiger partial charge on any atom is -0.346 e. The largest absolute Gasteiger partial charge is 0.346 e. The van der Waals surface area contributed by atoms with E-state index < -0.39 is 0 Å². The first-order valence-corrected chi connectivity index (χ1v) is 11.0. The summed E-state index contributed by atoms with van der Waals surface area (Å²) in [7, 11) is 1.95. The summed E-state index contributed by atoms with van der Waals surface area (Å²) < 4.78 is 15.1. The zero-order chi connectivity index (χ0) is 23.2. The van der Waals surface area contributed by atoms with Gasteiger partial charge in [-0.2, -0.15) is 10.4 Å². The number of carbonyl (C=O) groups is 1. The zero-order valence-electron chi connectivity index (χ0n) is 18.6. The van der Waals surface area contributed by atoms with Crippen molar-refractivity contribution in [3.05, 3.63) is 77.9 Å². The van der Waals surface area contributed by atoms with Gasteiger partial charge in [0.15, 0.2) is 5.78 Å². The van der Waals surface area contributed by atoms with Gasteiger partial charge in [-0.3, -0.25) is 14.8 Å². The second kappa shape index (κ2) is 10.2. The van der Waals surface area contributed by atoms with Gasteiger partial charge >= 0.3 is 0 Å². The molecule has 4 rings (SSSR count). The fraction of sp³-hybridized carbons (Fsp3) is 0.269. The van der Waals surface area contributed by atoms with Crippen molar-refractivity contribution in [1.82, 2.24) is 19.7 Å². The molecule has 0 fully saturated rings. The van der Waals surface area contributed by atoms with E-state index in [0.29, 0.717) is 25.1 Å². The first-order chi connectivity index (χ1) is 16.0. The van der Waals surface area contributed by atoms with E-state index in [1.54, 1.807) is 12.1 Å². The number of aryl methyl sites for hydroxylation is 2. The van der Waals surface area contributed by atoms with E-state index in [2.05, 4.69) is 16.3 Å². The number of hydrogen-bond donors (Lipinski definition) is 1. The maximum atomic E-state index is 13.1. The first kappa shape index (κ1) is 22.4. The van der Waals surface area contributed by atoms with Gasteiger partial charge < -0.3 is 4.57 Å². The second-order valence-electron chi connectivity index (χ2n) is 8.21. The Morgan fingerprint density at radius 1 is 1.21 bits per heavy atom. The van der Waals surface area contributed by atoms with Crippen molar-refractivity contribution in [3.8, 4) is 17.3 Å². The minimum atomic E-state index is -0.265. The Balaban J connectivity index is 1.32. The normalized spacial score (nSPS) is 11.2. The van der Waals surface area contributed by atoms with Crippen molar-refractivity contribution in [2.45, 2.75) is 25.8 Å². The van der Waals surface area contributed by atoms with Crippen LogP contribution in [0.2, 0.25) is 0 Å². The zero-order valence-corrected chi connectivity index (χ0v) is 18.6. The molecule has 6 nitrogen and oxygen atoms in total. The molecule has 7 heteroatoms. The molecule has 0 atom stereocenters. The monoisotopic (exact) mass is 443 g/mol. The van der Waals surface area contributed by atoms with Crippen LogP contribution in [0, 0.1) is 17.1 Å². The third-order valence-electron chi connectivity index (χ3n) is 5.72. The van der Waals surface area contributed by atoms with E-state index in [1.807, 2.05) is 53.0 Å². The molecule has 0 aliphatic heterocycles. The number of aromatic nitrogens is 3. The summed E-state index contributed by atoms with van der Waals surface area (Å²) in [6, 6.07) is 18.3. The molecular weight excluding hydrogens is 417 g/mol. The number of nitriles is 1. The minimum absolute atomic E-state index is 0.0737. The van der Waals surface area contributed by atoms with Crippen molar-refractivity contribution in [2.24, 2.45) is 0 Å². The third kappa shape index (κ3) is 5.36. The number of Topliss-reactive ketones (excluding diaryl/α,β-unsaturated/α-hetero) is 1. The number of hydrogen-bond acceptors (Lipinski definition) is 4. The number of ketones is 1. The number of likely N-dealkylation sites (N-methyl/N-ethyl adjacent to an activating group) is 1. The van der Waals surface area contributed by atoms with Gasteiger partial charge in [-0.05, 0) is 62.8 Å². The van der Waals surface area contributed by atoms with E-state index in [9.17, 15) is 9.18 Å². The van der Waals surface area contributed by atoms with Crippen LogP contribution in [-0.2, 0) is 13.0 Å². The Labute approximate surface area is 192 Å².